The second-order valence-corrected chi connectivity index (χ2v) is 8.06. The largest absolute Gasteiger partial charge is 0.353 e. The van der Waals surface area contributed by atoms with E-state index < -0.39 is 0 Å². The Hall–Kier alpha value is -1.71. The van der Waals surface area contributed by atoms with Gasteiger partial charge in [0, 0.05) is 13.2 Å². The number of ether oxygens (including phenoxy) is 2. The third kappa shape index (κ3) is 12.5. The van der Waals surface area contributed by atoms with Crippen molar-refractivity contribution in [3.8, 4) is 0 Å². The Morgan fingerprint density at radius 1 is 1.07 bits per heavy atom. The number of aldehydes is 1. The van der Waals surface area contributed by atoms with Crippen LogP contribution in [-0.2, 0) is 14.3 Å². The van der Waals surface area contributed by atoms with Crippen LogP contribution in [0.5, 0.6) is 0 Å². The molecule has 0 aliphatic heterocycles. The molecule has 0 heterocycles. The Bertz CT molecular complexity index is 624. The number of carbonyl (C=O) groups is 1. The number of rotatable bonds is 9. The fraction of sp³-hybridized carbons (Fsp3) is 0.577. The first-order valence-electron chi connectivity index (χ1n) is 10.8. The van der Waals surface area contributed by atoms with Crippen LogP contribution in [0.4, 0.5) is 0 Å². The number of hydrogen-bond donors (Lipinski definition) is 0. The van der Waals surface area contributed by atoms with Crippen LogP contribution in [0.3, 0.4) is 0 Å². The molecule has 0 saturated heterocycles. The Morgan fingerprint density at radius 2 is 1.66 bits per heavy atom. The van der Waals surface area contributed by atoms with Crippen LogP contribution in [0, 0.1) is 5.41 Å². The van der Waals surface area contributed by atoms with Gasteiger partial charge in [0.05, 0.1) is 0 Å². The van der Waals surface area contributed by atoms with Crippen molar-refractivity contribution in [1.82, 2.24) is 0 Å². The van der Waals surface area contributed by atoms with Gasteiger partial charge in [0.25, 0.3) is 0 Å². The van der Waals surface area contributed by atoms with E-state index >= 15 is 0 Å². The van der Waals surface area contributed by atoms with Gasteiger partial charge in [-0.3, -0.25) is 4.79 Å². The van der Waals surface area contributed by atoms with Gasteiger partial charge in [-0.1, -0.05) is 55.4 Å². The summed E-state index contributed by atoms with van der Waals surface area (Å²) < 4.78 is 10.1. The Labute approximate surface area is 179 Å². The lowest BCUT2D eigenvalue weighted by Crippen LogP contribution is -2.19. The van der Waals surface area contributed by atoms with Crippen molar-refractivity contribution < 1.29 is 14.3 Å². The summed E-state index contributed by atoms with van der Waals surface area (Å²) >= 11 is 0. The van der Waals surface area contributed by atoms with Crippen molar-refractivity contribution in [1.29, 1.82) is 0 Å². The second-order valence-electron chi connectivity index (χ2n) is 8.06. The van der Waals surface area contributed by atoms with Crippen LogP contribution >= 0.6 is 0 Å². The highest BCUT2D eigenvalue weighted by Crippen LogP contribution is 2.40. The molecule has 0 aromatic rings. The maximum absolute atomic E-state index is 10.3. The minimum Gasteiger partial charge on any atom is -0.353 e. The Balaban J connectivity index is 0.000000828. The van der Waals surface area contributed by atoms with Crippen molar-refractivity contribution in [2.24, 2.45) is 5.41 Å². The fourth-order valence-corrected chi connectivity index (χ4v) is 3.31. The van der Waals surface area contributed by atoms with Crippen molar-refractivity contribution in [3.05, 3.63) is 58.7 Å². The highest BCUT2D eigenvalue weighted by Gasteiger charge is 2.26. The summed E-state index contributed by atoms with van der Waals surface area (Å²) in [4.78, 5) is 10.3. The monoisotopic (exact) mass is 402 g/mol. The van der Waals surface area contributed by atoms with E-state index in [0.29, 0.717) is 0 Å². The molecule has 0 amide bonds. The average Bonchev–Trinajstić information content (AvgIpc) is 2.62. The van der Waals surface area contributed by atoms with E-state index in [4.69, 9.17) is 9.47 Å². The molecule has 164 valence electrons. The molecule has 3 nitrogen and oxygen atoms in total. The maximum Gasteiger partial charge on any atom is 0.154 e. The molecule has 0 N–H and O–H groups in total. The molecular formula is C26H42O3. The zero-order valence-electron chi connectivity index (χ0n) is 19.9. The summed E-state index contributed by atoms with van der Waals surface area (Å²) in [5, 5.41) is 0. The van der Waals surface area contributed by atoms with E-state index in [1.54, 1.807) is 6.08 Å². The minimum absolute atomic E-state index is 0.0370. The first-order valence-corrected chi connectivity index (χ1v) is 10.8. The molecule has 0 radical (unpaired) electrons. The van der Waals surface area contributed by atoms with E-state index in [0.717, 1.165) is 25.1 Å². The summed E-state index contributed by atoms with van der Waals surface area (Å²) in [6, 6.07) is 0. The predicted octanol–water partition coefficient (Wildman–Crippen LogP) is 7.12. The molecule has 0 aromatic carbocycles. The molecule has 0 spiro atoms. The van der Waals surface area contributed by atoms with Gasteiger partial charge in [-0.05, 0) is 83.4 Å². The molecule has 0 unspecified atom stereocenters. The van der Waals surface area contributed by atoms with E-state index in [1.165, 1.54) is 36.0 Å². The van der Waals surface area contributed by atoms with E-state index in [9.17, 15) is 4.79 Å². The number of allylic oxidation sites excluding steroid dienone is 10. The summed E-state index contributed by atoms with van der Waals surface area (Å²) in [5.74, 6) is 0. The van der Waals surface area contributed by atoms with Crippen LogP contribution in [0.1, 0.15) is 74.7 Å². The van der Waals surface area contributed by atoms with Gasteiger partial charge in [0.1, 0.15) is 6.29 Å². The van der Waals surface area contributed by atoms with Crippen LogP contribution in [0.2, 0.25) is 0 Å². The number of hydrogen-bond acceptors (Lipinski definition) is 3. The van der Waals surface area contributed by atoms with Crippen LogP contribution in [0.25, 0.3) is 0 Å². The molecule has 1 aliphatic carbocycles. The SMILES string of the molecule is CC1=C(/C=C/C(C)=C/C=C/C(C)=C/C=O)C(C)(C)CCC1.CCOC(C)OCC. The average molecular weight is 403 g/mol. The summed E-state index contributed by atoms with van der Waals surface area (Å²) in [7, 11) is 0. The molecule has 0 bridgehead atoms. The molecule has 1 aliphatic rings. The molecule has 0 atom stereocenters. The first kappa shape index (κ1) is 27.3. The highest BCUT2D eigenvalue weighted by atomic mass is 16.7. The van der Waals surface area contributed by atoms with Crippen LogP contribution in [-0.4, -0.2) is 25.8 Å². The van der Waals surface area contributed by atoms with Gasteiger partial charge in [-0.25, -0.2) is 0 Å². The summed E-state index contributed by atoms with van der Waals surface area (Å²) in [5.41, 5.74) is 5.48. The van der Waals surface area contributed by atoms with E-state index in [2.05, 4.69) is 45.9 Å². The molecule has 3 heteroatoms. The molecule has 0 aromatic heterocycles. The summed E-state index contributed by atoms with van der Waals surface area (Å²) in [6.45, 7) is 18.2. The van der Waals surface area contributed by atoms with Gasteiger partial charge < -0.3 is 9.47 Å². The lowest BCUT2D eigenvalue weighted by molar-refractivity contribution is -0.123. The predicted molar refractivity (Wildman–Crippen MR) is 125 cm³/mol. The third-order valence-corrected chi connectivity index (χ3v) is 4.91. The third-order valence-electron chi connectivity index (χ3n) is 4.91. The Kier molecular flexibility index (Phi) is 14.3. The van der Waals surface area contributed by atoms with E-state index in [1.807, 2.05) is 39.8 Å². The normalized spacial score (nSPS) is 17.8. The fourth-order valence-electron chi connectivity index (χ4n) is 3.31. The molecule has 29 heavy (non-hydrogen) atoms. The lowest BCUT2D eigenvalue weighted by Gasteiger charge is -2.32. The maximum atomic E-state index is 10.3. The van der Waals surface area contributed by atoms with Crippen molar-refractivity contribution in [3.63, 3.8) is 0 Å². The molecule has 1 rings (SSSR count). The smallest absolute Gasteiger partial charge is 0.154 e. The number of carbonyl (C=O) groups excluding carboxylic acids is 1. The van der Waals surface area contributed by atoms with Crippen LogP contribution < -0.4 is 0 Å². The van der Waals surface area contributed by atoms with Crippen molar-refractivity contribution in [2.45, 2.75) is 80.9 Å². The van der Waals surface area contributed by atoms with Crippen molar-refractivity contribution >= 4 is 6.29 Å². The summed E-state index contributed by atoms with van der Waals surface area (Å²) in [6.07, 6.45) is 16.6. The minimum atomic E-state index is -0.0370. The quantitative estimate of drug-likeness (QED) is 0.178. The highest BCUT2D eigenvalue weighted by molar-refractivity contribution is 5.66. The van der Waals surface area contributed by atoms with Gasteiger partial charge in [-0.2, -0.15) is 0 Å². The topological polar surface area (TPSA) is 35.5 Å². The zero-order chi connectivity index (χ0) is 22.3. The standard InChI is InChI=1S/C20H28O.C6H14O2/c1-16(8-6-9-17(2)13-15-21)11-12-19-18(3)10-7-14-20(19,4)5;1-4-7-6(3)8-5-2/h6,8-9,11-13,15H,7,10,14H2,1-5H3;6H,4-5H2,1-3H3/b9-6+,12-11+,16-8+,17-13+;. The molecule has 0 fully saturated rings. The zero-order valence-corrected chi connectivity index (χ0v) is 19.9. The lowest BCUT2D eigenvalue weighted by atomic mass is 9.72. The van der Waals surface area contributed by atoms with Crippen molar-refractivity contribution in [2.75, 3.05) is 13.2 Å². The second kappa shape index (κ2) is 15.2. The van der Waals surface area contributed by atoms with Gasteiger partial charge in [-0.15, -0.1) is 0 Å². The Morgan fingerprint density at radius 3 is 2.17 bits per heavy atom. The van der Waals surface area contributed by atoms with Gasteiger partial charge in [0.2, 0.25) is 0 Å². The first-order chi connectivity index (χ1) is 13.7. The molecular weight excluding hydrogens is 360 g/mol. The van der Waals surface area contributed by atoms with E-state index in [-0.39, 0.29) is 11.7 Å². The van der Waals surface area contributed by atoms with Gasteiger partial charge >= 0.3 is 0 Å². The van der Waals surface area contributed by atoms with Crippen LogP contribution in [0.15, 0.2) is 58.7 Å². The van der Waals surface area contributed by atoms with Gasteiger partial charge in [0.15, 0.2) is 6.29 Å². The molecule has 0 saturated carbocycles.